The maximum Gasteiger partial charge on any atom is 0.290 e. The average molecular weight is 349 g/mol. The first-order valence-corrected chi connectivity index (χ1v) is 8.02. The molecule has 1 aliphatic heterocycles. The lowest BCUT2D eigenvalue weighted by atomic mass is 10.1. The van der Waals surface area contributed by atoms with Gasteiger partial charge in [0, 0.05) is 35.2 Å². The van der Waals surface area contributed by atoms with Crippen molar-refractivity contribution in [1.82, 2.24) is 4.90 Å². The van der Waals surface area contributed by atoms with Gasteiger partial charge >= 0.3 is 0 Å². The Labute approximate surface area is 136 Å². The van der Waals surface area contributed by atoms with Crippen LogP contribution in [0.2, 0.25) is 10.0 Å². The monoisotopic (exact) mass is 348 g/mol. The van der Waals surface area contributed by atoms with Gasteiger partial charge in [0.25, 0.3) is 11.6 Å². The van der Waals surface area contributed by atoms with Gasteiger partial charge < -0.3 is 4.90 Å². The zero-order valence-corrected chi connectivity index (χ0v) is 13.9. The second-order valence-electron chi connectivity index (χ2n) is 5.38. The maximum atomic E-state index is 12.5. The number of benzene rings is 1. The van der Waals surface area contributed by atoms with Gasteiger partial charge in [-0.25, -0.2) is 0 Å². The van der Waals surface area contributed by atoms with Crippen molar-refractivity contribution in [2.24, 2.45) is 0 Å². The number of nitro groups is 1. The van der Waals surface area contributed by atoms with Crippen LogP contribution in [0.3, 0.4) is 0 Å². The van der Waals surface area contributed by atoms with E-state index in [0.717, 1.165) is 5.75 Å². The van der Waals surface area contributed by atoms with E-state index < -0.39 is 4.92 Å². The molecule has 0 bridgehead atoms. The Balaban J connectivity index is 2.33. The number of amides is 1. The van der Waals surface area contributed by atoms with E-state index in [4.69, 9.17) is 23.2 Å². The highest BCUT2D eigenvalue weighted by Crippen LogP contribution is 2.35. The van der Waals surface area contributed by atoms with Crippen molar-refractivity contribution in [2.75, 3.05) is 18.8 Å². The largest absolute Gasteiger partial charge is 0.336 e. The molecule has 1 amide bonds. The highest BCUT2D eigenvalue weighted by Gasteiger charge is 2.31. The van der Waals surface area contributed by atoms with Crippen molar-refractivity contribution in [3.05, 3.63) is 37.9 Å². The van der Waals surface area contributed by atoms with Crippen LogP contribution in [0.4, 0.5) is 5.69 Å². The first kappa shape index (κ1) is 16.4. The van der Waals surface area contributed by atoms with Gasteiger partial charge in [-0.3, -0.25) is 14.9 Å². The summed E-state index contributed by atoms with van der Waals surface area (Å²) in [4.78, 5) is 24.5. The molecule has 21 heavy (non-hydrogen) atoms. The quantitative estimate of drug-likeness (QED) is 0.601. The van der Waals surface area contributed by atoms with Gasteiger partial charge in [-0.2, -0.15) is 11.8 Å². The van der Waals surface area contributed by atoms with Crippen LogP contribution in [0.15, 0.2) is 12.1 Å². The van der Waals surface area contributed by atoms with Crippen LogP contribution in [0, 0.1) is 10.1 Å². The van der Waals surface area contributed by atoms with Crippen LogP contribution < -0.4 is 0 Å². The topological polar surface area (TPSA) is 63.5 Å². The molecule has 0 aromatic heterocycles. The fraction of sp³-hybridized carbons (Fsp3) is 0.462. The van der Waals surface area contributed by atoms with Gasteiger partial charge in [0.1, 0.15) is 5.02 Å². The van der Waals surface area contributed by atoms with E-state index in [-0.39, 0.29) is 32.0 Å². The smallest absolute Gasteiger partial charge is 0.290 e. The van der Waals surface area contributed by atoms with Crippen molar-refractivity contribution < 1.29 is 9.72 Å². The minimum absolute atomic E-state index is 0.0138. The molecule has 0 N–H and O–H groups in total. The second kappa shape index (κ2) is 6.02. The Morgan fingerprint density at radius 1 is 1.43 bits per heavy atom. The summed E-state index contributed by atoms with van der Waals surface area (Å²) in [5, 5.41) is 10.8. The summed E-state index contributed by atoms with van der Waals surface area (Å²) >= 11 is 13.5. The van der Waals surface area contributed by atoms with E-state index in [1.807, 2.05) is 0 Å². The number of thioether (sulfide) groups is 1. The summed E-state index contributed by atoms with van der Waals surface area (Å²) < 4.78 is -0.0317. The molecule has 1 aliphatic rings. The first-order valence-electron chi connectivity index (χ1n) is 6.28. The molecule has 0 saturated carbocycles. The van der Waals surface area contributed by atoms with E-state index in [9.17, 15) is 14.9 Å². The van der Waals surface area contributed by atoms with Crippen molar-refractivity contribution in [1.29, 1.82) is 0 Å². The molecule has 2 rings (SSSR count). The molecule has 0 aliphatic carbocycles. The number of carbonyl (C=O) groups excluding carboxylic acids is 1. The van der Waals surface area contributed by atoms with Gasteiger partial charge in [0.15, 0.2) is 0 Å². The van der Waals surface area contributed by atoms with E-state index in [1.165, 1.54) is 12.1 Å². The minimum Gasteiger partial charge on any atom is -0.336 e. The molecule has 1 heterocycles. The number of hydrogen-bond donors (Lipinski definition) is 0. The fourth-order valence-corrected chi connectivity index (χ4v) is 3.71. The summed E-state index contributed by atoms with van der Waals surface area (Å²) in [6, 6.07) is 2.57. The van der Waals surface area contributed by atoms with Crippen molar-refractivity contribution in [2.45, 2.75) is 18.6 Å². The number of nitro benzene ring substituents is 1. The van der Waals surface area contributed by atoms with Crippen molar-refractivity contribution in [3.63, 3.8) is 0 Å². The summed E-state index contributed by atoms with van der Waals surface area (Å²) in [5.74, 6) is 0.576. The lowest BCUT2D eigenvalue weighted by Crippen LogP contribution is -2.46. The third-order valence-electron chi connectivity index (χ3n) is 3.17. The molecule has 1 saturated heterocycles. The molecule has 0 spiro atoms. The fourth-order valence-electron chi connectivity index (χ4n) is 2.20. The van der Waals surface area contributed by atoms with Gasteiger partial charge in [-0.1, -0.05) is 23.2 Å². The zero-order valence-electron chi connectivity index (χ0n) is 11.6. The Hall–Kier alpha value is -0.980. The highest BCUT2D eigenvalue weighted by molar-refractivity contribution is 8.00. The summed E-state index contributed by atoms with van der Waals surface area (Å²) in [6.45, 7) is 5.33. The van der Waals surface area contributed by atoms with Gasteiger partial charge in [-0.15, -0.1) is 0 Å². The van der Waals surface area contributed by atoms with E-state index in [2.05, 4.69) is 13.8 Å². The van der Waals surface area contributed by atoms with Crippen molar-refractivity contribution in [3.8, 4) is 0 Å². The van der Waals surface area contributed by atoms with Crippen molar-refractivity contribution >= 4 is 46.6 Å². The first-order chi connectivity index (χ1) is 9.71. The van der Waals surface area contributed by atoms with E-state index in [1.54, 1.807) is 16.7 Å². The van der Waals surface area contributed by atoms with Gasteiger partial charge in [0.2, 0.25) is 0 Å². The molecule has 0 unspecified atom stereocenters. The number of carbonyl (C=O) groups is 1. The predicted molar refractivity (Wildman–Crippen MR) is 85.6 cm³/mol. The third kappa shape index (κ3) is 3.62. The standard InChI is InChI=1S/C13H14Cl2N2O3S/c1-13(2)7-16(3-4-21-13)12(18)8-5-9(14)11(15)10(6-8)17(19)20/h5-6H,3-4,7H2,1-2H3. The summed E-state index contributed by atoms with van der Waals surface area (Å²) in [6.07, 6.45) is 0. The highest BCUT2D eigenvalue weighted by atomic mass is 35.5. The minimum atomic E-state index is -0.638. The molecule has 8 heteroatoms. The molecule has 1 aromatic carbocycles. The number of halogens is 2. The Morgan fingerprint density at radius 3 is 2.67 bits per heavy atom. The van der Waals surface area contributed by atoms with Crippen LogP contribution in [0.5, 0.6) is 0 Å². The van der Waals surface area contributed by atoms with Crippen LogP contribution in [0.25, 0.3) is 0 Å². The summed E-state index contributed by atoms with van der Waals surface area (Å²) in [7, 11) is 0. The van der Waals surface area contributed by atoms with E-state index >= 15 is 0 Å². The number of nitrogens with zero attached hydrogens (tertiary/aromatic N) is 2. The van der Waals surface area contributed by atoms with E-state index in [0.29, 0.717) is 13.1 Å². The molecule has 0 atom stereocenters. The van der Waals surface area contributed by atoms with Crippen LogP contribution in [-0.4, -0.2) is 39.3 Å². The molecule has 1 aromatic rings. The maximum absolute atomic E-state index is 12.5. The van der Waals surface area contributed by atoms with Crippen LogP contribution >= 0.6 is 35.0 Å². The zero-order chi connectivity index (χ0) is 15.8. The second-order valence-corrected chi connectivity index (χ2v) is 7.97. The van der Waals surface area contributed by atoms with Gasteiger partial charge in [0.05, 0.1) is 9.95 Å². The van der Waals surface area contributed by atoms with Gasteiger partial charge in [-0.05, 0) is 19.9 Å². The van der Waals surface area contributed by atoms with Crippen LogP contribution in [-0.2, 0) is 0 Å². The lowest BCUT2D eigenvalue weighted by Gasteiger charge is -2.37. The Kier molecular flexibility index (Phi) is 4.70. The molecule has 5 nitrogen and oxygen atoms in total. The number of hydrogen-bond acceptors (Lipinski definition) is 4. The predicted octanol–water partition coefficient (Wildman–Crippen LogP) is 3.87. The SMILES string of the molecule is CC1(C)CN(C(=O)c2cc(Cl)c(Cl)c([N+](=O)[O-])c2)CCS1. The average Bonchev–Trinajstić information content (AvgIpc) is 2.39. The Bertz CT molecular complexity index is 607. The normalized spacial score (nSPS) is 17.6. The summed E-state index contributed by atoms with van der Waals surface area (Å²) in [5.41, 5.74) is -0.156. The van der Waals surface area contributed by atoms with Crippen LogP contribution in [0.1, 0.15) is 24.2 Å². The molecule has 114 valence electrons. The molecular weight excluding hydrogens is 335 g/mol. The molecular formula is C13H14Cl2N2O3S. The Morgan fingerprint density at radius 2 is 2.10 bits per heavy atom. The lowest BCUT2D eigenvalue weighted by molar-refractivity contribution is -0.384. The molecule has 1 fully saturated rings. The molecule has 0 radical (unpaired) electrons. The number of rotatable bonds is 2. The third-order valence-corrected chi connectivity index (χ3v) is 5.25.